The van der Waals surface area contributed by atoms with Crippen molar-refractivity contribution in [3.63, 3.8) is 0 Å². The fraction of sp³-hybridized carbons (Fsp3) is 0.474. The number of hydrogen-bond acceptors (Lipinski definition) is 8. The van der Waals surface area contributed by atoms with Crippen molar-refractivity contribution < 1.29 is 17.9 Å². The van der Waals surface area contributed by atoms with Gasteiger partial charge in [-0.3, -0.25) is 4.79 Å². The Morgan fingerprint density at radius 3 is 2.52 bits per heavy atom. The van der Waals surface area contributed by atoms with E-state index in [9.17, 15) is 13.2 Å². The van der Waals surface area contributed by atoms with E-state index < -0.39 is 9.84 Å². The number of piperazine rings is 1. The standard InChI is InChI=1S/C19H24N4O4S2/c1-29(25,26)14-5-6-16(27-13-3-2-4-13)15(11-14)18(24)22-7-9-23(10-8-22)19-21-12-17(20)28-19/h5-6,11-13H,2-4,7-10,20H2,1H3. The molecule has 1 saturated carbocycles. The van der Waals surface area contributed by atoms with E-state index >= 15 is 0 Å². The van der Waals surface area contributed by atoms with Crippen LogP contribution in [-0.4, -0.2) is 62.7 Å². The molecule has 8 nitrogen and oxygen atoms in total. The summed E-state index contributed by atoms with van der Waals surface area (Å²) in [5.41, 5.74) is 6.07. The minimum atomic E-state index is -3.42. The Labute approximate surface area is 174 Å². The Hall–Kier alpha value is -2.33. The van der Waals surface area contributed by atoms with Crippen molar-refractivity contribution in [1.82, 2.24) is 9.88 Å². The predicted molar refractivity (Wildman–Crippen MR) is 112 cm³/mol. The Morgan fingerprint density at radius 1 is 1.24 bits per heavy atom. The van der Waals surface area contributed by atoms with Gasteiger partial charge in [-0.05, 0) is 37.5 Å². The Balaban J connectivity index is 1.53. The topological polar surface area (TPSA) is 106 Å². The van der Waals surface area contributed by atoms with E-state index in [0.717, 1.165) is 30.6 Å². The highest BCUT2D eigenvalue weighted by molar-refractivity contribution is 7.90. The summed E-state index contributed by atoms with van der Waals surface area (Å²) in [6.07, 6.45) is 5.89. The molecule has 1 aliphatic heterocycles. The van der Waals surface area contributed by atoms with Gasteiger partial charge in [0.05, 0.1) is 22.8 Å². The summed E-state index contributed by atoms with van der Waals surface area (Å²) < 4.78 is 30.0. The largest absolute Gasteiger partial charge is 0.490 e. The molecule has 0 radical (unpaired) electrons. The molecule has 4 rings (SSSR count). The van der Waals surface area contributed by atoms with Crippen LogP contribution in [-0.2, 0) is 9.84 Å². The number of carbonyl (C=O) groups excluding carboxylic acids is 1. The number of nitrogen functional groups attached to an aromatic ring is 1. The molecule has 0 spiro atoms. The second kappa shape index (κ2) is 7.83. The number of ether oxygens (including phenoxy) is 1. The average Bonchev–Trinajstić information content (AvgIpc) is 3.10. The molecule has 1 aliphatic carbocycles. The van der Waals surface area contributed by atoms with E-state index in [1.165, 1.54) is 23.5 Å². The first kappa shape index (κ1) is 20.0. The van der Waals surface area contributed by atoms with Gasteiger partial charge >= 0.3 is 0 Å². The zero-order valence-electron chi connectivity index (χ0n) is 16.2. The maximum absolute atomic E-state index is 13.2. The van der Waals surface area contributed by atoms with Gasteiger partial charge < -0.3 is 20.3 Å². The van der Waals surface area contributed by atoms with Crippen LogP contribution in [0, 0.1) is 0 Å². The molecule has 1 amide bonds. The number of benzene rings is 1. The summed E-state index contributed by atoms with van der Waals surface area (Å²) in [6, 6.07) is 4.56. The number of carbonyl (C=O) groups is 1. The first-order valence-electron chi connectivity index (χ1n) is 9.57. The number of aromatic nitrogens is 1. The first-order valence-corrected chi connectivity index (χ1v) is 12.3. The van der Waals surface area contributed by atoms with Crippen LogP contribution in [0.1, 0.15) is 29.6 Å². The SMILES string of the molecule is CS(=O)(=O)c1ccc(OC2CCC2)c(C(=O)N2CCN(c3ncc(N)s3)CC2)c1. The minimum absolute atomic E-state index is 0.0952. The maximum atomic E-state index is 13.2. The molecule has 0 atom stereocenters. The van der Waals surface area contributed by atoms with Crippen LogP contribution < -0.4 is 15.4 Å². The van der Waals surface area contributed by atoms with Crippen molar-refractivity contribution in [2.75, 3.05) is 43.1 Å². The summed E-state index contributed by atoms with van der Waals surface area (Å²) in [7, 11) is -3.42. The average molecular weight is 437 g/mol. The number of sulfone groups is 1. The van der Waals surface area contributed by atoms with Crippen LogP contribution in [0.15, 0.2) is 29.3 Å². The molecule has 2 N–H and O–H groups in total. The monoisotopic (exact) mass is 436 g/mol. The van der Waals surface area contributed by atoms with Crippen molar-refractivity contribution in [1.29, 1.82) is 0 Å². The van der Waals surface area contributed by atoms with Crippen molar-refractivity contribution in [3.05, 3.63) is 30.0 Å². The van der Waals surface area contributed by atoms with Gasteiger partial charge in [-0.25, -0.2) is 13.4 Å². The molecule has 2 aromatic rings. The van der Waals surface area contributed by atoms with E-state index in [1.54, 1.807) is 17.2 Å². The van der Waals surface area contributed by atoms with Crippen LogP contribution in [0.2, 0.25) is 0 Å². The zero-order chi connectivity index (χ0) is 20.6. The third-order valence-corrected chi connectivity index (χ3v) is 7.30. The van der Waals surface area contributed by atoms with Gasteiger partial charge in [-0.2, -0.15) is 0 Å². The van der Waals surface area contributed by atoms with Crippen LogP contribution in [0.4, 0.5) is 10.1 Å². The number of hydrogen-bond donors (Lipinski definition) is 1. The zero-order valence-corrected chi connectivity index (χ0v) is 17.8. The molecule has 2 aliphatic rings. The molecule has 156 valence electrons. The molecule has 1 saturated heterocycles. The summed E-state index contributed by atoms with van der Waals surface area (Å²) >= 11 is 1.43. The number of nitrogens with two attached hydrogens (primary N) is 1. The molecule has 1 aromatic carbocycles. The fourth-order valence-corrected chi connectivity index (χ4v) is 4.75. The number of anilines is 2. The molecule has 29 heavy (non-hydrogen) atoms. The van der Waals surface area contributed by atoms with Gasteiger partial charge in [-0.15, -0.1) is 0 Å². The molecule has 1 aromatic heterocycles. The van der Waals surface area contributed by atoms with Crippen LogP contribution in [0.25, 0.3) is 0 Å². The van der Waals surface area contributed by atoms with Gasteiger partial charge in [0.2, 0.25) is 0 Å². The lowest BCUT2D eigenvalue weighted by Crippen LogP contribution is -2.49. The lowest BCUT2D eigenvalue weighted by molar-refractivity contribution is 0.0728. The highest BCUT2D eigenvalue weighted by Gasteiger charge is 2.28. The molecule has 2 fully saturated rings. The molecule has 10 heteroatoms. The van der Waals surface area contributed by atoms with Gasteiger partial charge in [0, 0.05) is 32.4 Å². The quantitative estimate of drug-likeness (QED) is 0.764. The van der Waals surface area contributed by atoms with Gasteiger partial charge in [0.15, 0.2) is 15.0 Å². The summed E-state index contributed by atoms with van der Waals surface area (Å²) in [4.78, 5) is 21.5. The molecule has 0 bridgehead atoms. The van der Waals surface area contributed by atoms with Gasteiger partial charge in [0.1, 0.15) is 10.8 Å². The molecule has 0 unspecified atom stereocenters. The Bertz CT molecular complexity index is 1010. The summed E-state index contributed by atoms with van der Waals surface area (Å²) in [6.45, 7) is 2.32. The van der Waals surface area contributed by atoms with E-state index in [2.05, 4.69) is 9.88 Å². The predicted octanol–water partition coefficient (Wildman–Crippen LogP) is 2.02. The Kier molecular flexibility index (Phi) is 5.39. The van der Waals surface area contributed by atoms with E-state index in [0.29, 0.717) is 42.5 Å². The third-order valence-electron chi connectivity index (χ3n) is 5.30. The smallest absolute Gasteiger partial charge is 0.257 e. The normalized spacial score (nSPS) is 17.8. The lowest BCUT2D eigenvalue weighted by atomic mass is 9.96. The molecular weight excluding hydrogens is 412 g/mol. The number of amides is 1. The highest BCUT2D eigenvalue weighted by Crippen LogP contribution is 2.31. The molecular formula is C19H24N4O4S2. The molecule has 2 heterocycles. The Morgan fingerprint density at radius 2 is 1.97 bits per heavy atom. The van der Waals surface area contributed by atoms with Crippen molar-refractivity contribution in [3.8, 4) is 5.75 Å². The van der Waals surface area contributed by atoms with E-state index in [4.69, 9.17) is 10.5 Å². The minimum Gasteiger partial charge on any atom is -0.490 e. The summed E-state index contributed by atoms with van der Waals surface area (Å²) in [5.74, 6) is 0.255. The van der Waals surface area contributed by atoms with Crippen molar-refractivity contribution in [2.24, 2.45) is 0 Å². The maximum Gasteiger partial charge on any atom is 0.257 e. The van der Waals surface area contributed by atoms with Crippen LogP contribution in [0.5, 0.6) is 5.75 Å². The fourth-order valence-electron chi connectivity index (χ4n) is 3.37. The highest BCUT2D eigenvalue weighted by atomic mass is 32.2. The third kappa shape index (κ3) is 4.32. The van der Waals surface area contributed by atoms with Crippen LogP contribution >= 0.6 is 11.3 Å². The van der Waals surface area contributed by atoms with Crippen LogP contribution in [0.3, 0.4) is 0 Å². The van der Waals surface area contributed by atoms with Crippen molar-refractivity contribution in [2.45, 2.75) is 30.3 Å². The van der Waals surface area contributed by atoms with Gasteiger partial charge in [-0.1, -0.05) is 11.3 Å². The first-order chi connectivity index (χ1) is 13.8. The van der Waals surface area contributed by atoms with Crippen molar-refractivity contribution >= 4 is 37.2 Å². The second-order valence-corrected chi connectivity index (χ2v) is 10.5. The van der Waals surface area contributed by atoms with E-state index in [1.807, 2.05) is 0 Å². The summed E-state index contributed by atoms with van der Waals surface area (Å²) in [5, 5.41) is 1.51. The van der Waals surface area contributed by atoms with E-state index in [-0.39, 0.29) is 16.9 Å². The number of rotatable bonds is 5. The van der Waals surface area contributed by atoms with Gasteiger partial charge in [0.25, 0.3) is 5.91 Å². The second-order valence-electron chi connectivity index (χ2n) is 7.43. The lowest BCUT2D eigenvalue weighted by Gasteiger charge is -2.35. The number of nitrogens with zero attached hydrogens (tertiary/aromatic N) is 3. The number of thiazole rings is 1.